The smallest absolute Gasteiger partial charge is 0.313 e. The molecule has 0 radical (unpaired) electrons. The largest absolute Gasteiger partial charge is 0.490 e. The molecule has 104 valence electrons. The Balaban J connectivity index is 2.33. The van der Waals surface area contributed by atoms with Crippen LogP contribution in [0.4, 0.5) is 15.8 Å². The second-order valence-corrected chi connectivity index (χ2v) is 4.75. The quantitative estimate of drug-likeness (QED) is 0.671. The number of rotatable bonds is 4. The Morgan fingerprint density at radius 3 is 2.84 bits per heavy atom. The third kappa shape index (κ3) is 2.76. The predicted molar refractivity (Wildman–Crippen MR) is 67.1 cm³/mol. The summed E-state index contributed by atoms with van der Waals surface area (Å²) in [4.78, 5) is 10.1. The maximum absolute atomic E-state index is 13.9. The first-order valence-corrected chi connectivity index (χ1v) is 5.83. The van der Waals surface area contributed by atoms with Gasteiger partial charge >= 0.3 is 5.69 Å². The highest BCUT2D eigenvalue weighted by atomic mass is 19.1. The number of halogens is 1. The van der Waals surface area contributed by atoms with E-state index in [1.165, 1.54) is 13.2 Å². The Labute approximate surface area is 109 Å². The molecule has 1 unspecified atom stereocenters. The molecule has 1 N–H and O–H groups in total. The first kappa shape index (κ1) is 13.5. The van der Waals surface area contributed by atoms with Crippen molar-refractivity contribution in [1.29, 1.82) is 0 Å². The van der Waals surface area contributed by atoms with E-state index in [0.29, 0.717) is 13.2 Å². The molecule has 1 aromatic carbocycles. The van der Waals surface area contributed by atoms with Crippen molar-refractivity contribution in [3.63, 3.8) is 0 Å². The number of hydrogen-bond donors (Lipinski definition) is 1. The van der Waals surface area contributed by atoms with Crippen molar-refractivity contribution in [2.45, 2.75) is 18.9 Å². The first-order chi connectivity index (χ1) is 8.95. The van der Waals surface area contributed by atoms with Crippen LogP contribution in [0.25, 0.3) is 0 Å². The SMILES string of the molecule is COc1cc(NC2(C)CCOC2)c(F)cc1[N+](=O)[O-]. The third-order valence-corrected chi connectivity index (χ3v) is 3.12. The van der Waals surface area contributed by atoms with Gasteiger partial charge in [-0.05, 0) is 13.3 Å². The van der Waals surface area contributed by atoms with Crippen molar-refractivity contribution in [3.05, 3.63) is 28.1 Å². The van der Waals surface area contributed by atoms with E-state index in [-0.39, 0.29) is 17.0 Å². The lowest BCUT2D eigenvalue weighted by molar-refractivity contribution is -0.385. The molecule has 1 saturated heterocycles. The van der Waals surface area contributed by atoms with Crippen LogP contribution in [0, 0.1) is 15.9 Å². The Kier molecular flexibility index (Phi) is 3.57. The molecule has 1 atom stereocenters. The van der Waals surface area contributed by atoms with Gasteiger partial charge in [0, 0.05) is 12.7 Å². The van der Waals surface area contributed by atoms with Crippen molar-refractivity contribution in [1.82, 2.24) is 0 Å². The highest BCUT2D eigenvalue weighted by Crippen LogP contribution is 2.34. The monoisotopic (exact) mass is 270 g/mol. The third-order valence-electron chi connectivity index (χ3n) is 3.12. The minimum Gasteiger partial charge on any atom is -0.490 e. The van der Waals surface area contributed by atoms with Gasteiger partial charge < -0.3 is 14.8 Å². The summed E-state index contributed by atoms with van der Waals surface area (Å²) >= 11 is 0. The molecule has 0 bridgehead atoms. The van der Waals surface area contributed by atoms with E-state index in [2.05, 4.69) is 5.32 Å². The fourth-order valence-electron chi connectivity index (χ4n) is 2.04. The first-order valence-electron chi connectivity index (χ1n) is 5.83. The fourth-order valence-corrected chi connectivity index (χ4v) is 2.04. The van der Waals surface area contributed by atoms with Gasteiger partial charge in [-0.1, -0.05) is 0 Å². The second-order valence-electron chi connectivity index (χ2n) is 4.75. The molecule has 0 amide bonds. The second kappa shape index (κ2) is 5.00. The summed E-state index contributed by atoms with van der Waals surface area (Å²) in [5.74, 6) is -0.656. The lowest BCUT2D eigenvalue weighted by atomic mass is 10.0. The summed E-state index contributed by atoms with van der Waals surface area (Å²) in [6.07, 6.45) is 0.742. The molecular formula is C12H15FN2O4. The highest BCUT2D eigenvalue weighted by Gasteiger charge is 2.31. The van der Waals surface area contributed by atoms with Crippen molar-refractivity contribution >= 4 is 11.4 Å². The highest BCUT2D eigenvalue weighted by molar-refractivity contribution is 5.60. The molecular weight excluding hydrogens is 255 g/mol. The molecule has 0 aromatic heterocycles. The predicted octanol–water partition coefficient (Wildman–Crippen LogP) is 2.33. The van der Waals surface area contributed by atoms with Gasteiger partial charge in [-0.2, -0.15) is 0 Å². The summed E-state index contributed by atoms with van der Waals surface area (Å²) in [6, 6.07) is 2.16. The summed E-state index contributed by atoms with van der Waals surface area (Å²) in [7, 11) is 1.31. The van der Waals surface area contributed by atoms with Gasteiger partial charge in [0.2, 0.25) is 0 Å². The van der Waals surface area contributed by atoms with Crippen LogP contribution >= 0.6 is 0 Å². The van der Waals surface area contributed by atoms with E-state index in [4.69, 9.17) is 9.47 Å². The van der Waals surface area contributed by atoms with Crippen molar-refractivity contribution in [2.75, 3.05) is 25.6 Å². The van der Waals surface area contributed by atoms with Crippen LogP contribution < -0.4 is 10.1 Å². The number of nitrogens with zero attached hydrogens (tertiary/aromatic N) is 1. The van der Waals surface area contributed by atoms with Crippen LogP contribution in [-0.2, 0) is 4.74 Å². The molecule has 0 spiro atoms. The number of nitro benzene ring substituents is 1. The summed E-state index contributed by atoms with van der Waals surface area (Å²) in [5, 5.41) is 13.8. The van der Waals surface area contributed by atoms with Crippen LogP contribution in [-0.4, -0.2) is 30.8 Å². The van der Waals surface area contributed by atoms with Crippen LogP contribution in [0.1, 0.15) is 13.3 Å². The number of nitrogens with one attached hydrogen (secondary N) is 1. The molecule has 7 heteroatoms. The minimum absolute atomic E-state index is 0.0245. The number of methoxy groups -OCH3 is 1. The van der Waals surface area contributed by atoms with Crippen molar-refractivity contribution < 1.29 is 18.8 Å². The van der Waals surface area contributed by atoms with E-state index < -0.39 is 16.4 Å². The molecule has 1 fully saturated rings. The summed E-state index contributed by atoms with van der Waals surface area (Å²) in [6.45, 7) is 2.98. The maximum atomic E-state index is 13.9. The normalized spacial score (nSPS) is 22.3. The summed E-state index contributed by atoms with van der Waals surface area (Å²) < 4.78 is 24.1. The van der Waals surface area contributed by atoms with Gasteiger partial charge in [-0.3, -0.25) is 10.1 Å². The van der Waals surface area contributed by atoms with Crippen LogP contribution in [0.15, 0.2) is 12.1 Å². The number of hydrogen-bond acceptors (Lipinski definition) is 5. The molecule has 19 heavy (non-hydrogen) atoms. The number of nitro groups is 1. The number of anilines is 1. The Morgan fingerprint density at radius 2 is 2.32 bits per heavy atom. The van der Waals surface area contributed by atoms with E-state index in [1.54, 1.807) is 0 Å². The Hall–Kier alpha value is -1.89. The summed E-state index contributed by atoms with van der Waals surface area (Å²) in [5.41, 5.74) is -0.587. The van der Waals surface area contributed by atoms with E-state index in [9.17, 15) is 14.5 Å². The van der Waals surface area contributed by atoms with Crippen LogP contribution in [0.2, 0.25) is 0 Å². The fraction of sp³-hybridized carbons (Fsp3) is 0.500. The van der Waals surface area contributed by atoms with E-state index in [1.807, 2.05) is 6.92 Å². The van der Waals surface area contributed by atoms with Gasteiger partial charge in [0.05, 0.1) is 35.9 Å². The number of benzene rings is 1. The Bertz CT molecular complexity index is 501. The molecule has 1 aliphatic heterocycles. The van der Waals surface area contributed by atoms with Crippen molar-refractivity contribution in [2.24, 2.45) is 0 Å². The van der Waals surface area contributed by atoms with E-state index >= 15 is 0 Å². The van der Waals surface area contributed by atoms with Crippen molar-refractivity contribution in [3.8, 4) is 5.75 Å². The molecule has 2 rings (SSSR count). The molecule has 1 aliphatic rings. The lowest BCUT2D eigenvalue weighted by Crippen LogP contribution is -2.35. The zero-order chi connectivity index (χ0) is 14.0. The van der Waals surface area contributed by atoms with Gasteiger partial charge in [0.25, 0.3) is 0 Å². The topological polar surface area (TPSA) is 73.6 Å². The average Bonchev–Trinajstić information content (AvgIpc) is 2.78. The van der Waals surface area contributed by atoms with E-state index in [0.717, 1.165) is 12.5 Å². The average molecular weight is 270 g/mol. The molecule has 1 aromatic rings. The van der Waals surface area contributed by atoms with Crippen LogP contribution in [0.3, 0.4) is 0 Å². The van der Waals surface area contributed by atoms with Gasteiger partial charge in [0.15, 0.2) is 11.6 Å². The minimum atomic E-state index is -0.680. The zero-order valence-electron chi connectivity index (χ0n) is 10.7. The van der Waals surface area contributed by atoms with Gasteiger partial charge in [-0.15, -0.1) is 0 Å². The zero-order valence-corrected chi connectivity index (χ0v) is 10.7. The molecule has 0 aliphatic carbocycles. The van der Waals surface area contributed by atoms with Crippen LogP contribution in [0.5, 0.6) is 5.75 Å². The molecule has 1 heterocycles. The van der Waals surface area contributed by atoms with Gasteiger partial charge in [0.1, 0.15) is 0 Å². The molecule has 6 nitrogen and oxygen atoms in total. The maximum Gasteiger partial charge on any atom is 0.313 e. The standard InChI is InChI=1S/C12H15FN2O4/c1-12(3-4-19-7-12)14-9-6-11(18-2)10(15(16)17)5-8(9)13/h5-6,14H,3-4,7H2,1-2H3. The molecule has 0 saturated carbocycles. The lowest BCUT2D eigenvalue weighted by Gasteiger charge is -2.25. The Morgan fingerprint density at radius 1 is 1.58 bits per heavy atom. The number of ether oxygens (including phenoxy) is 2. The van der Waals surface area contributed by atoms with Gasteiger partial charge in [-0.25, -0.2) is 4.39 Å².